The SMILES string of the molecule is CC1(C)O[C@H]2[C@H](n3cc(-c4ccccc4)c4c(Cl)ncnc43)OC[C@H]2O1. The van der Waals surface area contributed by atoms with Crippen molar-refractivity contribution in [2.75, 3.05) is 6.61 Å². The molecular weight excluding hydrogens is 354 g/mol. The maximum atomic E-state index is 6.43. The van der Waals surface area contributed by atoms with E-state index < -0.39 is 5.79 Å². The van der Waals surface area contributed by atoms with E-state index in [0.29, 0.717) is 11.8 Å². The Morgan fingerprint density at radius 3 is 2.77 bits per heavy atom. The minimum atomic E-state index is -0.616. The first kappa shape index (κ1) is 16.2. The molecule has 0 spiro atoms. The van der Waals surface area contributed by atoms with E-state index >= 15 is 0 Å². The van der Waals surface area contributed by atoms with Crippen molar-refractivity contribution in [2.24, 2.45) is 0 Å². The average Bonchev–Trinajstić information content (AvgIpc) is 3.26. The number of fused-ring (bicyclic) bond motifs is 2. The van der Waals surface area contributed by atoms with Crippen LogP contribution in [-0.4, -0.2) is 39.1 Å². The largest absolute Gasteiger partial charge is 0.352 e. The molecule has 0 radical (unpaired) electrons. The van der Waals surface area contributed by atoms with Gasteiger partial charge in [-0.1, -0.05) is 41.9 Å². The molecule has 0 aliphatic carbocycles. The molecule has 2 fully saturated rings. The summed E-state index contributed by atoms with van der Waals surface area (Å²) >= 11 is 6.43. The Hall–Kier alpha value is -1.99. The summed E-state index contributed by atoms with van der Waals surface area (Å²) in [6.07, 6.45) is 2.87. The zero-order valence-corrected chi connectivity index (χ0v) is 15.2. The Bertz CT molecular complexity index is 973. The Morgan fingerprint density at radius 2 is 1.96 bits per heavy atom. The van der Waals surface area contributed by atoms with Gasteiger partial charge in [0, 0.05) is 11.8 Å². The number of halogens is 1. The summed E-state index contributed by atoms with van der Waals surface area (Å²) in [4.78, 5) is 8.64. The van der Waals surface area contributed by atoms with Crippen molar-refractivity contribution in [1.82, 2.24) is 14.5 Å². The van der Waals surface area contributed by atoms with Gasteiger partial charge in [0.1, 0.15) is 29.3 Å². The van der Waals surface area contributed by atoms with Crippen LogP contribution in [0.25, 0.3) is 22.2 Å². The number of hydrogen-bond donors (Lipinski definition) is 0. The van der Waals surface area contributed by atoms with E-state index in [0.717, 1.165) is 22.2 Å². The van der Waals surface area contributed by atoms with Gasteiger partial charge in [0.15, 0.2) is 12.0 Å². The van der Waals surface area contributed by atoms with E-state index in [2.05, 4.69) is 9.97 Å². The molecule has 0 saturated carbocycles. The van der Waals surface area contributed by atoms with Crippen molar-refractivity contribution in [3.8, 4) is 11.1 Å². The zero-order valence-electron chi connectivity index (χ0n) is 14.4. The molecule has 3 aromatic rings. The van der Waals surface area contributed by atoms with Gasteiger partial charge in [-0.2, -0.15) is 0 Å². The zero-order chi connectivity index (χ0) is 17.9. The lowest BCUT2D eigenvalue weighted by Crippen LogP contribution is -2.27. The molecule has 1 aromatic carbocycles. The maximum absolute atomic E-state index is 6.43. The van der Waals surface area contributed by atoms with E-state index in [1.54, 1.807) is 0 Å². The van der Waals surface area contributed by atoms with Crippen LogP contribution in [0.4, 0.5) is 0 Å². The number of rotatable bonds is 2. The molecule has 7 heteroatoms. The number of hydrogen-bond acceptors (Lipinski definition) is 5. The molecule has 5 rings (SSSR count). The molecule has 4 heterocycles. The van der Waals surface area contributed by atoms with E-state index in [9.17, 15) is 0 Å². The van der Waals surface area contributed by atoms with Crippen LogP contribution in [0.3, 0.4) is 0 Å². The molecule has 0 bridgehead atoms. The summed E-state index contributed by atoms with van der Waals surface area (Å²) in [5.74, 6) is -0.616. The van der Waals surface area contributed by atoms with Gasteiger partial charge >= 0.3 is 0 Å². The molecule has 134 valence electrons. The summed E-state index contributed by atoms with van der Waals surface area (Å²) in [5, 5.41) is 1.23. The second-order valence-corrected chi connectivity index (χ2v) is 7.40. The lowest BCUT2D eigenvalue weighted by atomic mass is 10.1. The van der Waals surface area contributed by atoms with E-state index in [1.807, 2.05) is 54.9 Å². The molecule has 2 aromatic heterocycles. The number of benzene rings is 1. The molecule has 2 aliphatic heterocycles. The maximum Gasteiger partial charge on any atom is 0.164 e. The minimum absolute atomic E-state index is 0.0927. The van der Waals surface area contributed by atoms with Gasteiger partial charge < -0.3 is 18.8 Å². The quantitative estimate of drug-likeness (QED) is 0.641. The summed E-state index contributed by atoms with van der Waals surface area (Å²) < 4.78 is 20.0. The van der Waals surface area contributed by atoms with Crippen molar-refractivity contribution in [3.05, 3.63) is 48.0 Å². The van der Waals surface area contributed by atoms with Gasteiger partial charge in [-0.15, -0.1) is 0 Å². The van der Waals surface area contributed by atoms with Crippen LogP contribution in [-0.2, 0) is 14.2 Å². The molecule has 3 atom stereocenters. The molecule has 0 unspecified atom stereocenters. The topological polar surface area (TPSA) is 58.4 Å². The van der Waals surface area contributed by atoms with Crippen molar-refractivity contribution in [1.29, 1.82) is 0 Å². The van der Waals surface area contributed by atoms with Crippen molar-refractivity contribution >= 4 is 22.6 Å². The minimum Gasteiger partial charge on any atom is -0.352 e. The molecule has 0 amide bonds. The second-order valence-electron chi connectivity index (χ2n) is 7.04. The molecule has 6 nitrogen and oxygen atoms in total. The number of nitrogens with zero attached hydrogens (tertiary/aromatic N) is 3. The van der Waals surface area contributed by atoms with Crippen LogP contribution in [0.1, 0.15) is 20.1 Å². The fourth-order valence-corrected chi connectivity index (χ4v) is 4.07. The molecular formula is C19H18ClN3O3. The first-order chi connectivity index (χ1) is 12.5. The van der Waals surface area contributed by atoms with Crippen LogP contribution in [0.2, 0.25) is 5.15 Å². The van der Waals surface area contributed by atoms with Gasteiger partial charge in [-0.25, -0.2) is 9.97 Å². The molecule has 26 heavy (non-hydrogen) atoms. The monoisotopic (exact) mass is 371 g/mol. The highest BCUT2D eigenvalue weighted by Crippen LogP contribution is 2.43. The van der Waals surface area contributed by atoms with Gasteiger partial charge in [-0.3, -0.25) is 0 Å². The predicted octanol–water partition coefficient (Wildman–Crippen LogP) is 3.80. The van der Waals surface area contributed by atoms with Crippen LogP contribution < -0.4 is 0 Å². The first-order valence-electron chi connectivity index (χ1n) is 8.57. The first-order valence-corrected chi connectivity index (χ1v) is 8.95. The van der Waals surface area contributed by atoms with Crippen molar-refractivity contribution in [2.45, 2.75) is 38.1 Å². The highest BCUT2D eigenvalue weighted by Gasteiger charge is 2.51. The lowest BCUT2D eigenvalue weighted by Gasteiger charge is -2.22. The number of aromatic nitrogens is 3. The fourth-order valence-electron chi connectivity index (χ4n) is 3.84. The van der Waals surface area contributed by atoms with Crippen LogP contribution in [0.5, 0.6) is 0 Å². The van der Waals surface area contributed by atoms with Gasteiger partial charge in [0.25, 0.3) is 0 Å². The summed E-state index contributed by atoms with van der Waals surface area (Å²) in [6.45, 7) is 4.33. The molecule has 2 saturated heterocycles. The average molecular weight is 372 g/mol. The van der Waals surface area contributed by atoms with Crippen molar-refractivity contribution < 1.29 is 14.2 Å². The van der Waals surface area contributed by atoms with Crippen LogP contribution in [0, 0.1) is 0 Å². The van der Waals surface area contributed by atoms with Gasteiger partial charge in [0.05, 0.1) is 12.0 Å². The third-order valence-corrected chi connectivity index (χ3v) is 5.14. The smallest absolute Gasteiger partial charge is 0.164 e. The Balaban J connectivity index is 1.67. The van der Waals surface area contributed by atoms with E-state index in [-0.39, 0.29) is 18.4 Å². The third kappa shape index (κ3) is 2.45. The Labute approximate surface area is 155 Å². The Kier molecular flexibility index (Phi) is 3.59. The van der Waals surface area contributed by atoms with Crippen LogP contribution in [0.15, 0.2) is 42.9 Å². The normalized spacial score (nSPS) is 27.1. The highest BCUT2D eigenvalue weighted by atomic mass is 35.5. The summed E-state index contributed by atoms with van der Waals surface area (Å²) in [5.41, 5.74) is 2.74. The van der Waals surface area contributed by atoms with Gasteiger partial charge in [0.2, 0.25) is 0 Å². The van der Waals surface area contributed by atoms with E-state index in [1.165, 1.54) is 6.33 Å². The third-order valence-electron chi connectivity index (χ3n) is 4.86. The Morgan fingerprint density at radius 1 is 1.15 bits per heavy atom. The van der Waals surface area contributed by atoms with Gasteiger partial charge in [-0.05, 0) is 19.4 Å². The summed E-state index contributed by atoms with van der Waals surface area (Å²) in [7, 11) is 0. The standard InChI is InChI=1S/C19H18ClN3O3/c1-19(2)25-13-9-24-18(15(13)26-19)23-8-12(11-6-4-3-5-7-11)14-16(20)21-10-22-17(14)23/h3-8,10,13,15,18H,9H2,1-2H3/t13-,15-,18-/m1/s1. The van der Waals surface area contributed by atoms with E-state index in [4.69, 9.17) is 25.8 Å². The second kappa shape index (κ2) is 5.76. The fraction of sp³-hybridized carbons (Fsp3) is 0.368. The predicted molar refractivity (Wildman–Crippen MR) is 96.8 cm³/mol. The number of ether oxygens (including phenoxy) is 3. The van der Waals surface area contributed by atoms with Crippen LogP contribution >= 0.6 is 11.6 Å². The lowest BCUT2D eigenvalue weighted by molar-refractivity contribution is -0.183. The molecule has 0 N–H and O–H groups in total. The molecule has 2 aliphatic rings. The summed E-state index contributed by atoms with van der Waals surface area (Å²) in [6, 6.07) is 10.1. The highest BCUT2D eigenvalue weighted by molar-refractivity contribution is 6.35. The van der Waals surface area contributed by atoms with Crippen molar-refractivity contribution in [3.63, 3.8) is 0 Å².